The maximum Gasteiger partial charge on any atom is 0.417 e. The number of hydrogen-bond donors (Lipinski definition) is 1. The third kappa shape index (κ3) is 6.62. The van der Waals surface area contributed by atoms with Gasteiger partial charge in [-0.25, -0.2) is 0 Å². The molecule has 0 aromatic heterocycles. The van der Waals surface area contributed by atoms with Crippen LogP contribution in [0.3, 0.4) is 0 Å². The van der Waals surface area contributed by atoms with Gasteiger partial charge in [0.15, 0.2) is 0 Å². The van der Waals surface area contributed by atoms with Gasteiger partial charge in [-0.1, -0.05) is 65.7 Å². The lowest BCUT2D eigenvalue weighted by molar-refractivity contribution is -0.137. The summed E-state index contributed by atoms with van der Waals surface area (Å²) in [6.45, 7) is 0.945. The van der Waals surface area contributed by atoms with E-state index in [0.29, 0.717) is 34.4 Å². The second-order valence-electron chi connectivity index (χ2n) is 7.48. The van der Waals surface area contributed by atoms with Crippen LogP contribution >= 0.6 is 23.2 Å². The Balaban J connectivity index is 1.55. The average molecular weight is 484 g/mol. The van der Waals surface area contributed by atoms with Gasteiger partial charge in [0.25, 0.3) is 0 Å². The molecule has 0 spiro atoms. The van der Waals surface area contributed by atoms with Gasteiger partial charge in [-0.2, -0.15) is 13.2 Å². The van der Waals surface area contributed by atoms with Gasteiger partial charge < -0.3 is 9.84 Å². The SMILES string of the molecule is CN(Cc1ccc(-c2ccccc2C(F)(F)F)cc1)CC(O)COc1ccc(Cl)c(Cl)c1. The summed E-state index contributed by atoms with van der Waals surface area (Å²) >= 11 is 11.8. The van der Waals surface area contributed by atoms with Gasteiger partial charge >= 0.3 is 6.18 Å². The summed E-state index contributed by atoms with van der Waals surface area (Å²) in [5, 5.41) is 11.0. The van der Waals surface area contributed by atoms with E-state index in [4.69, 9.17) is 27.9 Å². The molecule has 3 nitrogen and oxygen atoms in total. The fourth-order valence-electron chi connectivity index (χ4n) is 3.32. The molecule has 1 N–H and O–H groups in total. The van der Waals surface area contributed by atoms with E-state index in [1.165, 1.54) is 12.1 Å². The summed E-state index contributed by atoms with van der Waals surface area (Å²) in [6, 6.07) is 17.3. The summed E-state index contributed by atoms with van der Waals surface area (Å²) in [6.07, 6.45) is -5.15. The van der Waals surface area contributed by atoms with E-state index in [9.17, 15) is 18.3 Å². The highest BCUT2D eigenvalue weighted by molar-refractivity contribution is 6.42. The number of aliphatic hydroxyl groups is 1. The van der Waals surface area contributed by atoms with Crippen molar-refractivity contribution in [2.75, 3.05) is 20.2 Å². The van der Waals surface area contributed by atoms with Crippen molar-refractivity contribution in [1.82, 2.24) is 4.90 Å². The van der Waals surface area contributed by atoms with Crippen LogP contribution in [0.25, 0.3) is 11.1 Å². The first-order valence-corrected chi connectivity index (χ1v) is 10.6. The van der Waals surface area contributed by atoms with Crippen molar-refractivity contribution in [2.24, 2.45) is 0 Å². The van der Waals surface area contributed by atoms with E-state index in [-0.39, 0.29) is 12.2 Å². The van der Waals surface area contributed by atoms with Gasteiger partial charge in [0.2, 0.25) is 0 Å². The van der Waals surface area contributed by atoms with Gasteiger partial charge in [-0.15, -0.1) is 0 Å². The largest absolute Gasteiger partial charge is 0.491 e. The van der Waals surface area contributed by atoms with Gasteiger partial charge in [-0.05, 0) is 41.9 Å². The van der Waals surface area contributed by atoms with Crippen LogP contribution in [0.1, 0.15) is 11.1 Å². The second kappa shape index (κ2) is 10.6. The van der Waals surface area contributed by atoms with Crippen LogP contribution in [0, 0.1) is 0 Å². The molecule has 0 radical (unpaired) electrons. The molecular formula is C24H22Cl2F3NO2. The third-order valence-corrected chi connectivity index (χ3v) is 5.54. The molecule has 0 bridgehead atoms. The number of nitrogens with zero attached hydrogens (tertiary/aromatic N) is 1. The van der Waals surface area contributed by atoms with Crippen molar-refractivity contribution >= 4 is 23.2 Å². The highest BCUT2D eigenvalue weighted by Gasteiger charge is 2.33. The van der Waals surface area contributed by atoms with E-state index in [1.54, 1.807) is 48.5 Å². The van der Waals surface area contributed by atoms with E-state index in [2.05, 4.69) is 0 Å². The van der Waals surface area contributed by atoms with Crippen LogP contribution in [-0.2, 0) is 12.7 Å². The minimum atomic E-state index is -4.41. The fraction of sp³-hybridized carbons (Fsp3) is 0.250. The molecule has 8 heteroatoms. The van der Waals surface area contributed by atoms with Crippen molar-refractivity contribution in [3.8, 4) is 16.9 Å². The lowest BCUT2D eigenvalue weighted by Gasteiger charge is -2.21. The van der Waals surface area contributed by atoms with Gasteiger partial charge in [0.1, 0.15) is 18.5 Å². The zero-order chi connectivity index (χ0) is 23.3. The van der Waals surface area contributed by atoms with Crippen LogP contribution in [-0.4, -0.2) is 36.3 Å². The summed E-state index contributed by atoms with van der Waals surface area (Å²) in [5.41, 5.74) is 0.905. The molecule has 1 unspecified atom stereocenters. The predicted molar refractivity (Wildman–Crippen MR) is 121 cm³/mol. The quantitative estimate of drug-likeness (QED) is 0.394. The number of aliphatic hydroxyl groups excluding tert-OH is 1. The first-order valence-electron chi connectivity index (χ1n) is 9.83. The van der Waals surface area contributed by atoms with Crippen LogP contribution in [0.5, 0.6) is 5.75 Å². The zero-order valence-corrected chi connectivity index (χ0v) is 18.8. The van der Waals surface area contributed by atoms with Gasteiger partial charge in [0, 0.05) is 19.2 Å². The number of alkyl halides is 3. The van der Waals surface area contributed by atoms with E-state index >= 15 is 0 Å². The molecular weight excluding hydrogens is 462 g/mol. The molecule has 0 aliphatic rings. The molecule has 0 fully saturated rings. The molecule has 3 aromatic rings. The molecule has 0 saturated carbocycles. The summed E-state index contributed by atoms with van der Waals surface area (Å²) in [4.78, 5) is 1.90. The van der Waals surface area contributed by atoms with Crippen molar-refractivity contribution in [1.29, 1.82) is 0 Å². The molecule has 0 saturated heterocycles. The Kier molecular flexibility index (Phi) is 8.06. The number of halogens is 5. The highest BCUT2D eigenvalue weighted by atomic mass is 35.5. The number of hydrogen-bond acceptors (Lipinski definition) is 3. The van der Waals surface area contributed by atoms with Crippen molar-refractivity contribution in [3.63, 3.8) is 0 Å². The maximum absolute atomic E-state index is 13.3. The molecule has 0 aliphatic heterocycles. The fourth-order valence-corrected chi connectivity index (χ4v) is 3.61. The lowest BCUT2D eigenvalue weighted by Crippen LogP contribution is -2.32. The topological polar surface area (TPSA) is 32.7 Å². The van der Waals surface area contributed by atoms with Crippen LogP contribution in [0.15, 0.2) is 66.7 Å². The van der Waals surface area contributed by atoms with Gasteiger partial charge in [0.05, 0.1) is 15.6 Å². The summed E-state index contributed by atoms with van der Waals surface area (Å²) in [5.74, 6) is 0.510. The summed E-state index contributed by atoms with van der Waals surface area (Å²) < 4.78 is 45.3. The van der Waals surface area contributed by atoms with E-state index < -0.39 is 17.8 Å². The second-order valence-corrected chi connectivity index (χ2v) is 8.29. The van der Waals surface area contributed by atoms with Crippen molar-refractivity contribution in [2.45, 2.75) is 18.8 Å². The lowest BCUT2D eigenvalue weighted by atomic mass is 9.98. The minimum Gasteiger partial charge on any atom is -0.491 e. The number of likely N-dealkylation sites (N-methyl/N-ethyl adjacent to an activating group) is 1. The standard InChI is InChI=1S/C24H22Cl2F3NO2/c1-30(14-18(31)15-32-19-10-11-22(25)23(26)12-19)13-16-6-8-17(9-7-16)20-4-2-3-5-21(20)24(27,28)29/h2-12,18,31H,13-15H2,1H3. The Bertz CT molecular complexity index is 1040. The Morgan fingerprint density at radius 3 is 2.31 bits per heavy atom. The predicted octanol–water partition coefficient (Wildman–Crippen LogP) is 6.55. The molecule has 0 aliphatic carbocycles. The highest BCUT2D eigenvalue weighted by Crippen LogP contribution is 2.37. The monoisotopic (exact) mass is 483 g/mol. The van der Waals surface area contributed by atoms with Crippen LogP contribution < -0.4 is 4.74 Å². The minimum absolute atomic E-state index is 0.0788. The Labute approximate surface area is 195 Å². The first kappa shape index (κ1) is 24.4. The maximum atomic E-state index is 13.3. The Morgan fingerprint density at radius 1 is 0.969 bits per heavy atom. The van der Waals surface area contributed by atoms with E-state index in [1.807, 2.05) is 11.9 Å². The molecule has 170 valence electrons. The Hall–Kier alpha value is -2.25. The average Bonchev–Trinajstić information content (AvgIpc) is 2.74. The molecule has 0 heterocycles. The first-order chi connectivity index (χ1) is 15.1. The normalized spacial score (nSPS) is 12.8. The van der Waals surface area contributed by atoms with Crippen molar-refractivity contribution < 1.29 is 23.0 Å². The van der Waals surface area contributed by atoms with Gasteiger partial charge in [-0.3, -0.25) is 4.90 Å². The molecule has 32 heavy (non-hydrogen) atoms. The van der Waals surface area contributed by atoms with E-state index in [0.717, 1.165) is 11.6 Å². The molecule has 3 rings (SSSR count). The number of benzene rings is 3. The van der Waals surface area contributed by atoms with Crippen LogP contribution in [0.2, 0.25) is 10.0 Å². The molecule has 1 atom stereocenters. The smallest absolute Gasteiger partial charge is 0.417 e. The Morgan fingerprint density at radius 2 is 1.66 bits per heavy atom. The number of ether oxygens (including phenoxy) is 1. The molecule has 0 amide bonds. The van der Waals surface area contributed by atoms with Crippen LogP contribution in [0.4, 0.5) is 13.2 Å². The molecule has 3 aromatic carbocycles. The summed E-state index contributed by atoms with van der Waals surface area (Å²) in [7, 11) is 1.84. The third-order valence-electron chi connectivity index (χ3n) is 4.81. The van der Waals surface area contributed by atoms with Crippen molar-refractivity contribution in [3.05, 3.63) is 87.9 Å². The number of rotatable bonds is 8. The zero-order valence-electron chi connectivity index (χ0n) is 17.2.